The van der Waals surface area contributed by atoms with E-state index in [1.807, 2.05) is 0 Å². The minimum Gasteiger partial charge on any atom is -0.468 e. The number of esters is 1. The largest absolute Gasteiger partial charge is 0.468 e. The van der Waals surface area contributed by atoms with Crippen LogP contribution in [0.2, 0.25) is 0 Å². The van der Waals surface area contributed by atoms with Crippen molar-refractivity contribution in [3.05, 3.63) is 0 Å². The highest BCUT2D eigenvalue weighted by molar-refractivity contribution is 6.04. The van der Waals surface area contributed by atoms with Crippen LogP contribution in [-0.4, -0.2) is 33.1 Å². The van der Waals surface area contributed by atoms with Gasteiger partial charge in [-0.05, 0) is 6.92 Å². The van der Waals surface area contributed by atoms with E-state index in [1.165, 1.54) is 7.11 Å². The van der Waals surface area contributed by atoms with Crippen molar-refractivity contribution in [2.75, 3.05) is 7.11 Å². The molecular formula is C5H11BN2O2. The highest BCUT2D eigenvalue weighted by Crippen LogP contribution is 1.89. The Morgan fingerprint density at radius 1 is 1.80 bits per heavy atom. The summed E-state index contributed by atoms with van der Waals surface area (Å²) in [7, 11) is 6.31. The smallest absolute Gasteiger partial charge is 0.324 e. The number of hydrogen-bond acceptors (Lipinski definition) is 4. The van der Waals surface area contributed by atoms with Crippen LogP contribution in [0.3, 0.4) is 0 Å². The third-order valence-electron chi connectivity index (χ3n) is 1.27. The molecule has 0 saturated carbocycles. The lowest BCUT2D eigenvalue weighted by Crippen LogP contribution is -2.47. The molecule has 0 aromatic heterocycles. The Kier molecular flexibility index (Phi) is 4.06. The van der Waals surface area contributed by atoms with Gasteiger partial charge in [-0.2, -0.15) is 0 Å². The molecule has 0 unspecified atom stereocenters. The fraction of sp³-hybridized carbons (Fsp3) is 0.800. The molecule has 0 fully saturated rings. The molecule has 0 rings (SSSR count). The molecule has 0 aliphatic rings. The summed E-state index contributed by atoms with van der Waals surface area (Å²) in [5, 5.41) is 2.35. The van der Waals surface area contributed by atoms with Gasteiger partial charge in [0.25, 0.3) is 0 Å². The number of rotatable bonds is 3. The average Bonchev–Trinajstić information content (AvgIpc) is 2.00. The van der Waals surface area contributed by atoms with Crippen LogP contribution in [0.4, 0.5) is 0 Å². The van der Waals surface area contributed by atoms with Gasteiger partial charge in [0.1, 0.15) is 6.04 Å². The molecule has 0 saturated heterocycles. The number of hydrogen-bond donors (Lipinski definition) is 2. The summed E-state index contributed by atoms with van der Waals surface area (Å²) >= 11 is 0. The second-order valence-corrected chi connectivity index (χ2v) is 2.00. The molecule has 56 valence electrons. The lowest BCUT2D eigenvalue weighted by Gasteiger charge is -2.16. The molecule has 0 aromatic rings. The molecule has 10 heavy (non-hydrogen) atoms. The van der Waals surface area contributed by atoms with Gasteiger partial charge in [-0.15, -0.1) is 0 Å². The van der Waals surface area contributed by atoms with E-state index >= 15 is 0 Å². The Hall–Kier alpha value is -0.545. The van der Waals surface area contributed by atoms with Crippen LogP contribution in [0.5, 0.6) is 0 Å². The normalized spacial score (nSPS) is 15.9. The van der Waals surface area contributed by atoms with Gasteiger partial charge >= 0.3 is 5.97 Å². The fourth-order valence-electron chi connectivity index (χ4n) is 0.444. The first-order chi connectivity index (χ1) is 4.63. The molecule has 0 aliphatic carbocycles. The molecule has 5 heteroatoms. The number of ether oxygens (including phenoxy) is 1. The Balaban J connectivity index is 3.81. The van der Waals surface area contributed by atoms with Gasteiger partial charge < -0.3 is 15.7 Å². The predicted octanol–water partition coefficient (Wildman–Crippen LogP) is -1.45. The second-order valence-electron chi connectivity index (χ2n) is 2.00. The Labute approximate surface area is 61.5 Å². The molecule has 0 heterocycles. The zero-order valence-electron chi connectivity index (χ0n) is 6.13. The van der Waals surface area contributed by atoms with Gasteiger partial charge in [0, 0.05) is 6.04 Å². The second kappa shape index (κ2) is 4.30. The van der Waals surface area contributed by atoms with Crippen LogP contribution >= 0.6 is 0 Å². The minimum atomic E-state index is -0.699. The van der Waals surface area contributed by atoms with Gasteiger partial charge in [-0.1, -0.05) is 0 Å². The molecule has 0 aliphatic heterocycles. The summed E-state index contributed by atoms with van der Waals surface area (Å²) in [5.74, 6) is -0.467. The number of carbonyl (C=O) groups excluding carboxylic acids is 1. The van der Waals surface area contributed by atoms with Crippen molar-refractivity contribution >= 4 is 14.0 Å². The highest BCUT2D eigenvalue weighted by atomic mass is 16.5. The maximum Gasteiger partial charge on any atom is 0.324 e. The molecule has 2 radical (unpaired) electrons. The number of methoxy groups -OCH3 is 1. The summed E-state index contributed by atoms with van der Waals surface area (Å²) in [4.78, 5) is 10.7. The molecule has 0 amide bonds. The average molecular weight is 142 g/mol. The molecule has 0 aromatic carbocycles. The summed E-state index contributed by atoms with van der Waals surface area (Å²) in [5.41, 5.74) is 5.36. The van der Waals surface area contributed by atoms with Crippen molar-refractivity contribution in [3.8, 4) is 0 Å². The number of nitrogens with two attached hydrogens (primary N) is 1. The van der Waals surface area contributed by atoms with Crippen LogP contribution in [0.15, 0.2) is 0 Å². The Morgan fingerprint density at radius 3 is 2.60 bits per heavy atom. The van der Waals surface area contributed by atoms with Crippen molar-refractivity contribution in [2.45, 2.75) is 19.0 Å². The number of nitrogens with one attached hydrogen (secondary N) is 1. The van der Waals surface area contributed by atoms with Crippen LogP contribution in [0.25, 0.3) is 0 Å². The van der Waals surface area contributed by atoms with Crippen molar-refractivity contribution in [3.63, 3.8) is 0 Å². The van der Waals surface area contributed by atoms with Crippen LogP contribution < -0.4 is 11.0 Å². The van der Waals surface area contributed by atoms with E-state index in [1.54, 1.807) is 6.92 Å². The van der Waals surface area contributed by atoms with Crippen LogP contribution in [0.1, 0.15) is 6.92 Å². The van der Waals surface area contributed by atoms with Gasteiger partial charge in [-0.3, -0.25) is 4.79 Å². The monoisotopic (exact) mass is 142 g/mol. The molecule has 0 bridgehead atoms. The topological polar surface area (TPSA) is 64.3 Å². The lowest BCUT2D eigenvalue weighted by atomic mass is 10.1. The first kappa shape index (κ1) is 9.45. The van der Waals surface area contributed by atoms with E-state index < -0.39 is 12.0 Å². The third kappa shape index (κ3) is 2.37. The van der Waals surface area contributed by atoms with Crippen molar-refractivity contribution in [1.29, 1.82) is 0 Å². The molecular weight excluding hydrogens is 131 g/mol. The summed E-state index contributed by atoms with van der Waals surface area (Å²) in [6.45, 7) is 1.70. The Bertz CT molecular complexity index is 120. The predicted molar refractivity (Wildman–Crippen MR) is 38.3 cm³/mol. The third-order valence-corrected chi connectivity index (χ3v) is 1.27. The molecule has 0 spiro atoms. The van der Waals surface area contributed by atoms with E-state index in [0.717, 1.165) is 0 Å². The van der Waals surface area contributed by atoms with E-state index in [-0.39, 0.29) is 6.04 Å². The zero-order chi connectivity index (χ0) is 8.15. The van der Waals surface area contributed by atoms with E-state index in [4.69, 9.17) is 13.7 Å². The first-order valence-electron chi connectivity index (χ1n) is 2.93. The standard InChI is InChI=1S/C5H11BN2O2/c1-3(8-6)4(7)5(9)10-2/h3-4,8H,7H2,1-2H3/t3-,4+/m1/s1. The van der Waals surface area contributed by atoms with Gasteiger partial charge in [0.05, 0.1) is 7.11 Å². The molecule has 4 nitrogen and oxygen atoms in total. The zero-order valence-corrected chi connectivity index (χ0v) is 6.13. The number of carbonyl (C=O) groups is 1. The first-order valence-corrected chi connectivity index (χ1v) is 2.93. The summed E-state index contributed by atoms with van der Waals surface area (Å²) in [6, 6.07) is -0.970. The van der Waals surface area contributed by atoms with E-state index in [2.05, 4.69) is 9.96 Å². The quantitative estimate of drug-likeness (QED) is 0.373. The minimum absolute atomic E-state index is 0.271. The van der Waals surface area contributed by atoms with Gasteiger partial charge in [0.2, 0.25) is 0 Å². The van der Waals surface area contributed by atoms with E-state index in [0.29, 0.717) is 0 Å². The summed E-state index contributed by atoms with van der Waals surface area (Å²) < 4.78 is 4.38. The van der Waals surface area contributed by atoms with E-state index in [9.17, 15) is 4.79 Å². The van der Waals surface area contributed by atoms with Crippen molar-refractivity contribution < 1.29 is 9.53 Å². The molecule has 3 N–H and O–H groups in total. The van der Waals surface area contributed by atoms with Gasteiger partial charge in [-0.25, -0.2) is 0 Å². The maximum atomic E-state index is 10.7. The highest BCUT2D eigenvalue weighted by Gasteiger charge is 2.18. The fourth-order valence-corrected chi connectivity index (χ4v) is 0.444. The van der Waals surface area contributed by atoms with Crippen molar-refractivity contribution in [2.24, 2.45) is 5.73 Å². The summed E-state index contributed by atoms with van der Waals surface area (Å²) in [6.07, 6.45) is 0. The lowest BCUT2D eigenvalue weighted by molar-refractivity contribution is -0.142. The van der Waals surface area contributed by atoms with Gasteiger partial charge in [0.15, 0.2) is 7.98 Å². The molecule has 2 atom stereocenters. The van der Waals surface area contributed by atoms with Crippen LogP contribution in [-0.2, 0) is 9.53 Å². The van der Waals surface area contributed by atoms with Crippen molar-refractivity contribution in [1.82, 2.24) is 5.23 Å². The van der Waals surface area contributed by atoms with Crippen LogP contribution in [0, 0.1) is 0 Å². The maximum absolute atomic E-state index is 10.7. The SMILES string of the molecule is [B]N[C@H](C)[C@H](N)C(=O)OC. The Morgan fingerprint density at radius 2 is 2.30 bits per heavy atom.